The number of rotatable bonds is 10. The van der Waals surface area contributed by atoms with E-state index < -0.39 is 13.1 Å². The van der Waals surface area contributed by atoms with Crippen molar-refractivity contribution in [1.29, 1.82) is 0 Å². The summed E-state index contributed by atoms with van der Waals surface area (Å²) >= 11 is 0. The largest absolute Gasteiger partial charge is 0.481 e. The molecule has 0 bridgehead atoms. The zero-order valence-electron chi connectivity index (χ0n) is 11.7. The van der Waals surface area contributed by atoms with Gasteiger partial charge in [-0.3, -0.25) is 4.79 Å². The van der Waals surface area contributed by atoms with Crippen LogP contribution in [0.2, 0.25) is 6.32 Å². The normalized spacial score (nSPS) is 14.6. The minimum absolute atomic E-state index is 0.340. The Bertz CT molecular complexity index is 236. The third kappa shape index (κ3) is 8.50. The molecule has 0 fully saturated rings. The predicted molar refractivity (Wildman–Crippen MR) is 72.3 cm³/mol. The van der Waals surface area contributed by atoms with E-state index in [0.717, 1.165) is 19.3 Å². The second-order valence-electron chi connectivity index (χ2n) is 5.21. The van der Waals surface area contributed by atoms with Gasteiger partial charge in [0.2, 0.25) is 0 Å². The van der Waals surface area contributed by atoms with E-state index in [1.165, 1.54) is 0 Å². The number of hydrogen-bond acceptors (Lipinski definition) is 4. The van der Waals surface area contributed by atoms with Crippen molar-refractivity contribution in [3.63, 3.8) is 0 Å². The van der Waals surface area contributed by atoms with Gasteiger partial charge in [-0.2, -0.15) is 0 Å². The Morgan fingerprint density at radius 3 is 2.22 bits per heavy atom. The SMILES string of the molecule is CC[C@H](CCB(O)O)CC[C@@H](CN(C)C)C(=O)O. The highest BCUT2D eigenvalue weighted by Gasteiger charge is 2.20. The van der Waals surface area contributed by atoms with Gasteiger partial charge in [-0.05, 0) is 39.2 Å². The molecule has 0 radical (unpaired) electrons. The molecule has 0 saturated heterocycles. The van der Waals surface area contributed by atoms with Gasteiger partial charge in [-0.15, -0.1) is 0 Å². The number of carbonyl (C=O) groups is 1. The first-order valence-electron chi connectivity index (χ1n) is 6.60. The fourth-order valence-corrected chi connectivity index (χ4v) is 2.11. The number of aliphatic carboxylic acids is 1. The lowest BCUT2D eigenvalue weighted by molar-refractivity contribution is -0.142. The summed E-state index contributed by atoms with van der Waals surface area (Å²) in [5, 5.41) is 26.8. The highest BCUT2D eigenvalue weighted by atomic mass is 16.4. The van der Waals surface area contributed by atoms with E-state index in [4.69, 9.17) is 15.2 Å². The summed E-state index contributed by atoms with van der Waals surface area (Å²) in [6.07, 6.45) is 3.52. The van der Waals surface area contributed by atoms with Crippen LogP contribution in [0.25, 0.3) is 0 Å². The Kier molecular flexibility index (Phi) is 9.05. The van der Waals surface area contributed by atoms with Crippen LogP contribution in [0.4, 0.5) is 0 Å². The maximum Gasteiger partial charge on any atom is 0.451 e. The fraction of sp³-hybridized carbons (Fsp3) is 0.917. The molecule has 0 aliphatic carbocycles. The number of carboxylic acids is 1. The predicted octanol–water partition coefficient (Wildman–Crippen LogP) is 0.918. The summed E-state index contributed by atoms with van der Waals surface area (Å²) in [5.41, 5.74) is 0. The van der Waals surface area contributed by atoms with E-state index in [1.54, 1.807) is 0 Å². The molecular weight excluding hydrogens is 233 g/mol. The molecule has 0 spiro atoms. The molecule has 0 rings (SSSR count). The lowest BCUT2D eigenvalue weighted by Crippen LogP contribution is -2.28. The second kappa shape index (κ2) is 9.36. The summed E-state index contributed by atoms with van der Waals surface area (Å²) in [7, 11) is 2.49. The molecule has 5 nitrogen and oxygen atoms in total. The Labute approximate surface area is 110 Å². The van der Waals surface area contributed by atoms with Gasteiger partial charge >= 0.3 is 13.1 Å². The zero-order valence-corrected chi connectivity index (χ0v) is 11.7. The molecule has 0 saturated carbocycles. The van der Waals surface area contributed by atoms with E-state index in [-0.39, 0.29) is 5.92 Å². The fourth-order valence-electron chi connectivity index (χ4n) is 2.11. The smallest absolute Gasteiger partial charge is 0.451 e. The van der Waals surface area contributed by atoms with Gasteiger partial charge in [0.1, 0.15) is 0 Å². The first kappa shape index (κ1) is 17.4. The van der Waals surface area contributed by atoms with Crippen molar-refractivity contribution in [3.8, 4) is 0 Å². The summed E-state index contributed by atoms with van der Waals surface area (Å²) in [5.74, 6) is -0.718. The van der Waals surface area contributed by atoms with Crippen LogP contribution in [0.15, 0.2) is 0 Å². The lowest BCUT2D eigenvalue weighted by Gasteiger charge is -2.20. The summed E-state index contributed by atoms with van der Waals surface area (Å²) in [6, 6.07) is 0. The van der Waals surface area contributed by atoms with Crippen molar-refractivity contribution in [2.24, 2.45) is 11.8 Å². The molecule has 0 aromatic carbocycles. The van der Waals surface area contributed by atoms with Crippen LogP contribution in [0.1, 0.15) is 32.6 Å². The van der Waals surface area contributed by atoms with Crippen molar-refractivity contribution >= 4 is 13.1 Å². The van der Waals surface area contributed by atoms with Crippen LogP contribution in [-0.4, -0.2) is 53.8 Å². The second-order valence-corrected chi connectivity index (χ2v) is 5.21. The highest BCUT2D eigenvalue weighted by Crippen LogP contribution is 2.21. The Morgan fingerprint density at radius 1 is 1.22 bits per heavy atom. The first-order valence-corrected chi connectivity index (χ1v) is 6.60. The van der Waals surface area contributed by atoms with Gasteiger partial charge in [-0.1, -0.05) is 19.8 Å². The molecule has 6 heteroatoms. The molecule has 0 aromatic heterocycles. The van der Waals surface area contributed by atoms with Gasteiger partial charge in [0.05, 0.1) is 5.92 Å². The van der Waals surface area contributed by atoms with Crippen molar-refractivity contribution in [3.05, 3.63) is 0 Å². The molecular formula is C12H26BNO4. The van der Waals surface area contributed by atoms with E-state index in [2.05, 4.69) is 6.92 Å². The van der Waals surface area contributed by atoms with Crippen LogP contribution >= 0.6 is 0 Å². The van der Waals surface area contributed by atoms with Gasteiger partial charge in [0.15, 0.2) is 0 Å². The van der Waals surface area contributed by atoms with Crippen molar-refractivity contribution in [2.45, 2.75) is 38.9 Å². The Morgan fingerprint density at radius 2 is 1.83 bits per heavy atom. The minimum Gasteiger partial charge on any atom is -0.481 e. The summed E-state index contributed by atoms with van der Waals surface area (Å²) in [6.45, 7) is 2.60. The monoisotopic (exact) mass is 259 g/mol. The highest BCUT2D eigenvalue weighted by molar-refractivity contribution is 6.40. The van der Waals surface area contributed by atoms with Crippen molar-refractivity contribution in [1.82, 2.24) is 4.90 Å². The summed E-state index contributed by atoms with van der Waals surface area (Å²) < 4.78 is 0. The quantitative estimate of drug-likeness (QED) is 0.508. The van der Waals surface area contributed by atoms with Crippen LogP contribution < -0.4 is 0 Å². The van der Waals surface area contributed by atoms with Crippen LogP contribution in [0.5, 0.6) is 0 Å². The van der Waals surface area contributed by atoms with Gasteiger partial charge < -0.3 is 20.1 Å². The Hall–Kier alpha value is -0.585. The standard InChI is InChI=1S/C12H26BNO4/c1-4-10(7-8-13(17)18)5-6-11(12(15)16)9-14(2)3/h10-11,17-18H,4-9H2,1-3H3,(H,15,16)/t10-,11-/m0/s1. The van der Waals surface area contributed by atoms with E-state index in [1.807, 2.05) is 19.0 Å². The van der Waals surface area contributed by atoms with Gasteiger partial charge in [0, 0.05) is 6.54 Å². The van der Waals surface area contributed by atoms with Crippen LogP contribution in [0.3, 0.4) is 0 Å². The lowest BCUT2D eigenvalue weighted by atomic mass is 9.78. The topological polar surface area (TPSA) is 81.0 Å². The number of hydrogen-bond donors (Lipinski definition) is 3. The molecule has 2 atom stereocenters. The minimum atomic E-state index is -1.25. The molecule has 0 aromatic rings. The molecule has 3 N–H and O–H groups in total. The van der Waals surface area contributed by atoms with Crippen LogP contribution in [0, 0.1) is 11.8 Å². The zero-order chi connectivity index (χ0) is 14.1. The maximum absolute atomic E-state index is 11.1. The van der Waals surface area contributed by atoms with E-state index in [9.17, 15) is 4.79 Å². The number of carboxylic acid groups (broad SMARTS) is 1. The molecule has 0 aliphatic rings. The molecule has 0 unspecified atom stereocenters. The summed E-state index contributed by atoms with van der Waals surface area (Å²) in [4.78, 5) is 13.0. The number of nitrogens with zero attached hydrogens (tertiary/aromatic N) is 1. The molecule has 18 heavy (non-hydrogen) atoms. The average molecular weight is 259 g/mol. The first-order chi connectivity index (χ1) is 8.36. The van der Waals surface area contributed by atoms with E-state index >= 15 is 0 Å². The van der Waals surface area contributed by atoms with Crippen molar-refractivity contribution in [2.75, 3.05) is 20.6 Å². The maximum atomic E-state index is 11.1. The molecule has 0 aliphatic heterocycles. The third-order valence-corrected chi connectivity index (χ3v) is 3.27. The average Bonchev–Trinajstić information content (AvgIpc) is 2.26. The van der Waals surface area contributed by atoms with Gasteiger partial charge in [0.25, 0.3) is 0 Å². The van der Waals surface area contributed by atoms with E-state index in [0.29, 0.717) is 25.2 Å². The van der Waals surface area contributed by atoms with Gasteiger partial charge in [-0.25, -0.2) is 0 Å². The molecule has 0 amide bonds. The molecule has 106 valence electrons. The Balaban J connectivity index is 4.09. The van der Waals surface area contributed by atoms with Crippen molar-refractivity contribution < 1.29 is 19.9 Å². The van der Waals surface area contributed by atoms with Crippen LogP contribution in [-0.2, 0) is 4.79 Å². The third-order valence-electron chi connectivity index (χ3n) is 3.27. The molecule has 0 heterocycles.